The van der Waals surface area contributed by atoms with E-state index in [9.17, 15) is 19.0 Å². The first kappa shape index (κ1) is 80.7. The normalized spacial score (nSPS) is 13.9. The third kappa shape index (κ3) is 64.0. The average Bonchev–Trinajstić information content (AvgIpc) is 3.51. The summed E-state index contributed by atoms with van der Waals surface area (Å²) in [4.78, 5) is 40.1. The van der Waals surface area contributed by atoms with E-state index in [1.165, 1.54) is 225 Å². The highest BCUT2D eigenvalue weighted by atomic mass is 31.2. The van der Waals surface area contributed by atoms with Gasteiger partial charge in [-0.15, -0.1) is 0 Å². The molecule has 0 aromatic rings. The van der Waals surface area contributed by atoms with Crippen LogP contribution in [-0.2, 0) is 27.9 Å². The molecular formula is C73H137N2O7P. The fourth-order valence-corrected chi connectivity index (χ4v) is 11.1. The van der Waals surface area contributed by atoms with Crippen LogP contribution in [0.2, 0.25) is 0 Å². The van der Waals surface area contributed by atoms with Gasteiger partial charge in [-0.1, -0.05) is 294 Å². The number of nitrogens with zero attached hydrogens (tertiary/aromatic N) is 1. The highest BCUT2D eigenvalue weighted by Crippen LogP contribution is 2.38. The molecule has 3 unspecified atom stereocenters. The van der Waals surface area contributed by atoms with Gasteiger partial charge in [-0.05, 0) is 96.0 Å². The Morgan fingerprint density at radius 2 is 0.735 bits per heavy atom. The molecular weight excluding hydrogens is 1050 g/mol. The van der Waals surface area contributed by atoms with Gasteiger partial charge >= 0.3 is 5.97 Å². The molecule has 0 rings (SSSR count). The lowest BCUT2D eigenvalue weighted by molar-refractivity contribution is -0.870. The highest BCUT2D eigenvalue weighted by Gasteiger charge is 2.27. The van der Waals surface area contributed by atoms with Crippen molar-refractivity contribution in [3.05, 3.63) is 60.8 Å². The summed E-state index contributed by atoms with van der Waals surface area (Å²) in [6, 6.07) is -0.893. The van der Waals surface area contributed by atoms with Gasteiger partial charge in [0.15, 0.2) is 0 Å². The van der Waals surface area contributed by atoms with Gasteiger partial charge in [0.1, 0.15) is 19.3 Å². The smallest absolute Gasteiger partial charge is 0.306 e. The lowest BCUT2D eigenvalue weighted by atomic mass is 10.0. The van der Waals surface area contributed by atoms with Crippen LogP contribution in [0.3, 0.4) is 0 Å². The second-order valence-electron chi connectivity index (χ2n) is 25.4. The molecule has 0 saturated heterocycles. The zero-order chi connectivity index (χ0) is 60.7. The van der Waals surface area contributed by atoms with Gasteiger partial charge in [0.25, 0.3) is 7.82 Å². The van der Waals surface area contributed by atoms with E-state index in [1.54, 1.807) is 0 Å². The van der Waals surface area contributed by atoms with Crippen molar-refractivity contribution in [3.8, 4) is 0 Å². The first-order chi connectivity index (χ1) is 40.4. The van der Waals surface area contributed by atoms with E-state index in [4.69, 9.17) is 13.8 Å². The van der Waals surface area contributed by atoms with Crippen LogP contribution in [0.25, 0.3) is 0 Å². The predicted molar refractivity (Wildman–Crippen MR) is 358 cm³/mol. The number of rotatable bonds is 65. The number of phosphoric acid groups is 1. The lowest BCUT2D eigenvalue weighted by Gasteiger charge is -2.30. The lowest BCUT2D eigenvalue weighted by Crippen LogP contribution is -2.47. The van der Waals surface area contributed by atoms with E-state index in [-0.39, 0.29) is 24.9 Å². The molecule has 0 aliphatic heterocycles. The summed E-state index contributed by atoms with van der Waals surface area (Å²) < 4.78 is 30.4. The van der Waals surface area contributed by atoms with Crippen LogP contribution in [0.1, 0.15) is 342 Å². The van der Waals surface area contributed by atoms with Crippen LogP contribution in [0.15, 0.2) is 60.8 Å². The van der Waals surface area contributed by atoms with Crippen LogP contribution >= 0.6 is 7.82 Å². The quantitative estimate of drug-likeness (QED) is 0.0212. The predicted octanol–water partition coefficient (Wildman–Crippen LogP) is 21.9. The van der Waals surface area contributed by atoms with Crippen LogP contribution in [0, 0.1) is 0 Å². The Morgan fingerprint density at radius 3 is 1.13 bits per heavy atom. The number of unbranched alkanes of at least 4 members (excludes halogenated alkanes) is 41. The molecule has 83 heavy (non-hydrogen) atoms. The first-order valence-electron chi connectivity index (χ1n) is 35.6. The first-order valence-corrected chi connectivity index (χ1v) is 37.1. The Kier molecular flexibility index (Phi) is 61.0. The Bertz CT molecular complexity index is 1600. The standard InChI is InChI=1S/C73H137N2O7P/c1-7-10-13-16-19-22-25-27-29-31-33-35-36-37-38-40-42-44-46-48-51-54-57-60-63-66-73(77)82-71(64-61-58-55-52-49-24-21-18-15-12-9-3)70(69-81-83(78,79)80-68-67-75(4,5)6)74-72(76)65-62-59-56-53-50-47-45-43-41-39-34-32-30-28-26-23-20-17-14-11-8-2/h20,23,27-30,34,39,61,64,70-71H,7-19,21-22,24-26,31-33,35-38,40-60,62-63,65-69H2,1-6H3,(H-,74,76,78,79)/b23-20-,29-27+,30-28-,39-34-,64-61+. The topological polar surface area (TPSA) is 114 Å². The Labute approximate surface area is 515 Å². The Balaban J connectivity index is 5.02. The number of allylic oxidation sites excluding steroid dienone is 9. The van der Waals surface area contributed by atoms with Crippen LogP contribution < -0.4 is 10.2 Å². The van der Waals surface area contributed by atoms with Gasteiger partial charge in [0.05, 0.1) is 33.8 Å². The number of carbonyl (C=O) groups excluding carboxylic acids is 2. The minimum Gasteiger partial charge on any atom is -0.756 e. The molecule has 0 radical (unpaired) electrons. The van der Waals surface area contributed by atoms with Crippen LogP contribution in [-0.4, -0.2) is 69.4 Å². The summed E-state index contributed by atoms with van der Waals surface area (Å²) in [6.45, 7) is 6.84. The molecule has 9 nitrogen and oxygen atoms in total. The van der Waals surface area contributed by atoms with E-state index in [0.29, 0.717) is 17.4 Å². The molecule has 3 atom stereocenters. The minimum atomic E-state index is -4.70. The molecule has 486 valence electrons. The number of quaternary nitrogens is 1. The molecule has 1 amide bonds. The van der Waals surface area contributed by atoms with Gasteiger partial charge < -0.3 is 28.5 Å². The monoisotopic (exact) mass is 1190 g/mol. The van der Waals surface area contributed by atoms with Gasteiger partial charge in [-0.25, -0.2) is 0 Å². The Hall–Kier alpha value is -2.29. The van der Waals surface area contributed by atoms with Crippen molar-refractivity contribution < 1.29 is 37.3 Å². The largest absolute Gasteiger partial charge is 0.756 e. The van der Waals surface area contributed by atoms with Gasteiger partial charge in [-0.2, -0.15) is 0 Å². The molecule has 0 aliphatic rings. The summed E-state index contributed by atoms with van der Waals surface area (Å²) >= 11 is 0. The molecule has 0 bridgehead atoms. The van der Waals surface area contributed by atoms with Crippen LogP contribution in [0.4, 0.5) is 0 Å². The second kappa shape index (κ2) is 62.8. The number of carbonyl (C=O) groups is 2. The number of phosphoric ester groups is 1. The summed E-state index contributed by atoms with van der Waals surface area (Å²) in [6.07, 6.45) is 80.6. The SMILES string of the molecule is CCCCC/C=C\C/C=C\C/C=C\CCCCCCCCCCC(=O)NC(COP(=O)([O-])OCC[N+](C)(C)C)C(/C=C/CCCCCCCCCCC)OC(=O)CCCCCCCCCCCCCCCCC/C=C/CCCCCCCC. The molecule has 0 aliphatic carbocycles. The molecule has 1 N–H and O–H groups in total. The summed E-state index contributed by atoms with van der Waals surface area (Å²) in [5.74, 6) is -0.538. The van der Waals surface area contributed by atoms with Crippen molar-refractivity contribution in [2.24, 2.45) is 0 Å². The fraction of sp³-hybridized carbons (Fsp3) is 0.836. The summed E-state index contributed by atoms with van der Waals surface area (Å²) in [7, 11) is 1.19. The highest BCUT2D eigenvalue weighted by molar-refractivity contribution is 7.45. The van der Waals surface area contributed by atoms with E-state index in [1.807, 2.05) is 33.3 Å². The van der Waals surface area contributed by atoms with Crippen LogP contribution in [0.5, 0.6) is 0 Å². The molecule has 0 spiro atoms. The van der Waals surface area contributed by atoms with Crippen molar-refractivity contribution in [2.75, 3.05) is 40.9 Å². The van der Waals surface area contributed by atoms with Gasteiger partial charge in [-0.3, -0.25) is 14.2 Å². The maximum Gasteiger partial charge on any atom is 0.306 e. The number of nitrogens with one attached hydrogen (secondary N) is 1. The van der Waals surface area contributed by atoms with Crippen molar-refractivity contribution in [1.29, 1.82) is 0 Å². The summed E-state index contributed by atoms with van der Waals surface area (Å²) in [5.41, 5.74) is 0. The van der Waals surface area contributed by atoms with Crippen molar-refractivity contribution >= 4 is 19.7 Å². The average molecular weight is 1190 g/mol. The third-order valence-electron chi connectivity index (χ3n) is 15.9. The molecule has 0 heterocycles. The van der Waals surface area contributed by atoms with Crippen molar-refractivity contribution in [2.45, 2.75) is 354 Å². The van der Waals surface area contributed by atoms with Gasteiger partial charge in [0.2, 0.25) is 5.91 Å². The number of hydrogen-bond donors (Lipinski definition) is 1. The minimum absolute atomic E-state index is 0.0239. The number of esters is 1. The molecule has 0 aromatic carbocycles. The van der Waals surface area contributed by atoms with Gasteiger partial charge in [0, 0.05) is 12.8 Å². The maximum atomic E-state index is 13.6. The fourth-order valence-electron chi connectivity index (χ4n) is 10.4. The number of hydrogen-bond acceptors (Lipinski definition) is 7. The van der Waals surface area contributed by atoms with Crippen molar-refractivity contribution in [3.63, 3.8) is 0 Å². The zero-order valence-corrected chi connectivity index (χ0v) is 56.6. The maximum absolute atomic E-state index is 13.6. The van der Waals surface area contributed by atoms with E-state index < -0.39 is 26.6 Å². The third-order valence-corrected chi connectivity index (χ3v) is 16.9. The van der Waals surface area contributed by atoms with Crippen molar-refractivity contribution in [1.82, 2.24) is 5.32 Å². The number of likely N-dealkylation sites (N-methyl/N-ethyl adjacent to an activating group) is 1. The molecule has 0 fully saturated rings. The second-order valence-corrected chi connectivity index (χ2v) is 26.8. The zero-order valence-electron chi connectivity index (χ0n) is 55.7. The van der Waals surface area contributed by atoms with E-state index in [0.717, 1.165) is 83.5 Å². The number of ether oxygens (including phenoxy) is 1. The van der Waals surface area contributed by atoms with E-state index >= 15 is 0 Å². The molecule has 10 heteroatoms. The Morgan fingerprint density at radius 1 is 0.422 bits per heavy atom. The number of amides is 1. The molecule has 0 aromatic heterocycles. The molecule has 0 saturated carbocycles. The van der Waals surface area contributed by atoms with E-state index in [2.05, 4.69) is 74.7 Å². The summed E-state index contributed by atoms with van der Waals surface area (Å²) in [5, 5.41) is 3.04.